The Hall–Kier alpha value is -2.52. The van der Waals surface area contributed by atoms with E-state index in [9.17, 15) is 14.4 Å². The molecule has 2 heterocycles. The summed E-state index contributed by atoms with van der Waals surface area (Å²) in [6.07, 6.45) is 0. The van der Waals surface area contributed by atoms with Crippen LogP contribution in [-0.4, -0.2) is 27.8 Å². The van der Waals surface area contributed by atoms with E-state index in [1.807, 2.05) is 12.3 Å². The van der Waals surface area contributed by atoms with E-state index in [-0.39, 0.29) is 24.6 Å². The van der Waals surface area contributed by atoms with E-state index in [0.29, 0.717) is 16.2 Å². The summed E-state index contributed by atoms with van der Waals surface area (Å²) in [6.45, 7) is 1.42. The summed E-state index contributed by atoms with van der Waals surface area (Å²) in [6, 6.07) is 8.08. The number of amides is 1. The Morgan fingerprint density at radius 3 is 2.77 bits per heavy atom. The highest BCUT2D eigenvalue weighted by Gasteiger charge is 2.11. The van der Waals surface area contributed by atoms with Gasteiger partial charge >= 0.3 is 5.97 Å². The van der Waals surface area contributed by atoms with Crippen LogP contribution in [-0.2, 0) is 16.1 Å². The number of fused-ring (bicyclic) bond motifs is 1. The second-order valence-corrected chi connectivity index (χ2v) is 7.18. The van der Waals surface area contributed by atoms with Gasteiger partial charge in [0.05, 0.1) is 5.69 Å². The highest BCUT2D eigenvalue weighted by Crippen LogP contribution is 2.12. The lowest BCUT2D eigenvalue weighted by Gasteiger charge is -2.07. The summed E-state index contributed by atoms with van der Waals surface area (Å²) in [4.78, 5) is 40.6. The van der Waals surface area contributed by atoms with E-state index in [1.165, 1.54) is 21.8 Å². The van der Waals surface area contributed by atoms with Gasteiger partial charge in [0.25, 0.3) is 11.5 Å². The molecule has 3 rings (SSSR count). The van der Waals surface area contributed by atoms with Crippen molar-refractivity contribution in [3.05, 3.63) is 67.5 Å². The number of hydrogen-bond donors (Lipinski definition) is 1. The number of rotatable bonds is 5. The van der Waals surface area contributed by atoms with Crippen LogP contribution in [0.15, 0.2) is 45.0 Å². The zero-order valence-corrected chi connectivity index (χ0v) is 16.1. The average Bonchev–Trinajstić information content (AvgIpc) is 3.00. The molecule has 0 fully saturated rings. The van der Waals surface area contributed by atoms with Gasteiger partial charge in [-0.05, 0) is 31.2 Å². The minimum Gasteiger partial charge on any atom is -0.458 e. The van der Waals surface area contributed by atoms with Crippen LogP contribution in [0.3, 0.4) is 0 Å². The minimum atomic E-state index is -0.611. The molecule has 3 aromatic rings. The molecule has 1 aromatic carbocycles. The summed E-state index contributed by atoms with van der Waals surface area (Å²) >= 11 is 4.63. The Morgan fingerprint density at radius 2 is 2.04 bits per heavy atom. The summed E-state index contributed by atoms with van der Waals surface area (Å²) in [7, 11) is 0. The fourth-order valence-corrected chi connectivity index (χ4v) is 3.39. The Labute approximate surface area is 160 Å². The van der Waals surface area contributed by atoms with E-state index in [2.05, 4.69) is 26.2 Å². The maximum absolute atomic E-state index is 12.1. The van der Waals surface area contributed by atoms with Crippen molar-refractivity contribution in [3.63, 3.8) is 0 Å². The fraction of sp³-hybridized carbons (Fsp3) is 0.176. The molecule has 7 nitrogen and oxygen atoms in total. The van der Waals surface area contributed by atoms with Crippen LogP contribution in [0, 0.1) is 6.92 Å². The van der Waals surface area contributed by atoms with Gasteiger partial charge in [0, 0.05) is 27.2 Å². The molecule has 0 saturated heterocycles. The topological polar surface area (TPSA) is 89.8 Å². The lowest BCUT2D eigenvalue weighted by atomic mass is 10.2. The fourth-order valence-electron chi connectivity index (χ4n) is 2.24. The van der Waals surface area contributed by atoms with Gasteiger partial charge < -0.3 is 10.1 Å². The predicted octanol–water partition coefficient (Wildman–Crippen LogP) is 2.30. The van der Waals surface area contributed by atoms with Crippen LogP contribution in [0.25, 0.3) is 4.96 Å². The van der Waals surface area contributed by atoms with Gasteiger partial charge in [0.1, 0.15) is 13.2 Å². The largest absolute Gasteiger partial charge is 0.458 e. The van der Waals surface area contributed by atoms with E-state index in [1.54, 1.807) is 24.3 Å². The zero-order valence-electron chi connectivity index (χ0n) is 13.7. The smallest absolute Gasteiger partial charge is 0.325 e. The molecule has 134 valence electrons. The number of benzene rings is 1. The molecule has 1 amide bonds. The Bertz CT molecular complexity index is 1030. The zero-order chi connectivity index (χ0) is 18.7. The number of thiazole rings is 1. The molecule has 26 heavy (non-hydrogen) atoms. The maximum atomic E-state index is 12.1. The SMILES string of the molecule is Cc1csc2nc(COC(=O)CNC(=O)c3ccc(Br)cc3)cc(=O)n12. The molecule has 9 heteroatoms. The van der Waals surface area contributed by atoms with Gasteiger partial charge in [-0.3, -0.25) is 18.8 Å². The van der Waals surface area contributed by atoms with Crippen molar-refractivity contribution in [3.8, 4) is 0 Å². The van der Waals surface area contributed by atoms with Gasteiger partial charge in [0.2, 0.25) is 0 Å². The Kier molecular flexibility index (Phi) is 5.48. The van der Waals surface area contributed by atoms with E-state index in [4.69, 9.17) is 4.74 Å². The summed E-state index contributed by atoms with van der Waals surface area (Å²) < 4.78 is 7.43. The maximum Gasteiger partial charge on any atom is 0.325 e. The van der Waals surface area contributed by atoms with Crippen LogP contribution >= 0.6 is 27.3 Å². The van der Waals surface area contributed by atoms with Crippen LogP contribution in [0.5, 0.6) is 0 Å². The molecule has 0 atom stereocenters. The summed E-state index contributed by atoms with van der Waals surface area (Å²) in [5.41, 5.74) is 1.39. The van der Waals surface area contributed by atoms with E-state index in [0.717, 1.165) is 10.2 Å². The predicted molar refractivity (Wildman–Crippen MR) is 100 cm³/mol. The monoisotopic (exact) mass is 435 g/mol. The lowest BCUT2D eigenvalue weighted by Crippen LogP contribution is -2.30. The first-order chi connectivity index (χ1) is 12.4. The number of esters is 1. The quantitative estimate of drug-likeness (QED) is 0.620. The molecule has 0 aliphatic rings. The van der Waals surface area contributed by atoms with Crippen molar-refractivity contribution >= 4 is 44.1 Å². The number of halogens is 1. The van der Waals surface area contributed by atoms with Crippen LogP contribution in [0.1, 0.15) is 21.7 Å². The van der Waals surface area contributed by atoms with Crippen LogP contribution in [0.4, 0.5) is 0 Å². The van der Waals surface area contributed by atoms with Crippen molar-refractivity contribution in [2.24, 2.45) is 0 Å². The molecule has 0 unspecified atom stereocenters. The molecule has 0 radical (unpaired) electrons. The number of carbonyl (C=O) groups excluding carboxylic acids is 2. The second-order valence-electron chi connectivity index (χ2n) is 5.43. The third-order valence-corrected chi connectivity index (χ3v) is 4.98. The van der Waals surface area contributed by atoms with Gasteiger partial charge in [-0.25, -0.2) is 4.98 Å². The molecular formula is C17H14BrN3O4S. The normalized spacial score (nSPS) is 10.7. The van der Waals surface area contributed by atoms with E-state index >= 15 is 0 Å². The van der Waals surface area contributed by atoms with Gasteiger partial charge in [-0.1, -0.05) is 15.9 Å². The van der Waals surface area contributed by atoms with Crippen molar-refractivity contribution in [2.75, 3.05) is 6.54 Å². The highest BCUT2D eigenvalue weighted by molar-refractivity contribution is 9.10. The number of nitrogens with zero attached hydrogens (tertiary/aromatic N) is 2. The molecule has 1 N–H and O–H groups in total. The Morgan fingerprint density at radius 1 is 1.31 bits per heavy atom. The molecule has 0 aliphatic carbocycles. The summed E-state index contributed by atoms with van der Waals surface area (Å²) in [5.74, 6) is -0.985. The first kappa shape index (κ1) is 18.3. The average molecular weight is 436 g/mol. The van der Waals surface area contributed by atoms with Crippen molar-refractivity contribution in [1.82, 2.24) is 14.7 Å². The van der Waals surface area contributed by atoms with Gasteiger partial charge in [-0.15, -0.1) is 11.3 Å². The number of aromatic nitrogens is 2. The molecule has 0 saturated carbocycles. The highest BCUT2D eigenvalue weighted by atomic mass is 79.9. The van der Waals surface area contributed by atoms with Crippen molar-refractivity contribution in [2.45, 2.75) is 13.5 Å². The number of ether oxygens (including phenoxy) is 1. The molecule has 0 aliphatic heterocycles. The molecule has 2 aromatic heterocycles. The van der Waals surface area contributed by atoms with Crippen LogP contribution < -0.4 is 10.9 Å². The van der Waals surface area contributed by atoms with Crippen molar-refractivity contribution in [1.29, 1.82) is 0 Å². The van der Waals surface area contributed by atoms with E-state index < -0.39 is 5.97 Å². The van der Waals surface area contributed by atoms with Crippen LogP contribution in [0.2, 0.25) is 0 Å². The molecular weight excluding hydrogens is 422 g/mol. The number of nitrogens with one attached hydrogen (secondary N) is 1. The lowest BCUT2D eigenvalue weighted by molar-refractivity contribution is -0.143. The van der Waals surface area contributed by atoms with Crippen molar-refractivity contribution < 1.29 is 14.3 Å². The number of carbonyl (C=O) groups is 2. The first-order valence-corrected chi connectivity index (χ1v) is 9.27. The first-order valence-electron chi connectivity index (χ1n) is 7.60. The third kappa shape index (κ3) is 4.17. The molecule has 0 bridgehead atoms. The Balaban J connectivity index is 1.55. The minimum absolute atomic E-state index is 0.129. The molecule has 0 spiro atoms. The summed E-state index contributed by atoms with van der Waals surface area (Å²) in [5, 5.41) is 4.32. The third-order valence-electron chi connectivity index (χ3n) is 3.51. The number of aryl methyl sites for hydroxylation is 1. The standard InChI is InChI=1S/C17H14BrN3O4S/c1-10-9-26-17-20-13(6-14(22)21(10)17)8-25-15(23)7-19-16(24)11-2-4-12(18)5-3-11/h2-6,9H,7-8H2,1H3,(H,19,24). The van der Waals surface area contributed by atoms with Gasteiger partial charge in [0.15, 0.2) is 4.96 Å². The second kappa shape index (κ2) is 7.79. The van der Waals surface area contributed by atoms with Gasteiger partial charge in [-0.2, -0.15) is 0 Å². The number of hydrogen-bond acceptors (Lipinski definition) is 6.